The first-order chi connectivity index (χ1) is 8.06. The Morgan fingerprint density at radius 3 is 2.06 bits per heavy atom. The summed E-state index contributed by atoms with van der Waals surface area (Å²) in [5.41, 5.74) is -5.74. The lowest BCUT2D eigenvalue weighted by atomic mass is 10.2. The lowest BCUT2D eigenvalue weighted by molar-refractivity contribution is -0.212. The minimum Gasteiger partial charge on any atom is -0.858 e. The van der Waals surface area contributed by atoms with Gasteiger partial charge in [-0.2, -0.15) is 26.0 Å². The lowest BCUT2D eigenvalue weighted by Gasteiger charge is -2.15. The summed E-state index contributed by atoms with van der Waals surface area (Å²) >= 11 is 3.42. The molecule has 0 bridgehead atoms. The monoisotopic (exact) mass is 504 g/mol. The van der Waals surface area contributed by atoms with E-state index in [9.17, 15) is 26.7 Å². The Kier molecular flexibility index (Phi) is 4.86. The van der Waals surface area contributed by atoms with E-state index in [0.717, 1.165) is 0 Å². The minimum absolute atomic E-state index is 0.161. The zero-order valence-electron chi connectivity index (χ0n) is 8.20. The Balaban J connectivity index is 3.37. The average molecular weight is 504 g/mol. The Morgan fingerprint density at radius 1 is 1.22 bits per heavy atom. The first kappa shape index (κ1) is 15.9. The molecule has 0 fully saturated rings. The largest absolute Gasteiger partial charge is 0.858 e. The van der Waals surface area contributed by atoms with Crippen LogP contribution in [0.3, 0.4) is 0 Å². The summed E-state index contributed by atoms with van der Waals surface area (Å²) in [7, 11) is -5.81. The maximum Gasteiger partial charge on any atom is 0.518 e. The van der Waals surface area contributed by atoms with Crippen LogP contribution >= 0.6 is 45.2 Å². The van der Waals surface area contributed by atoms with Gasteiger partial charge in [0.05, 0.1) is 0 Å². The lowest BCUT2D eigenvalue weighted by Crippen LogP contribution is -2.28. The molecule has 1 aromatic rings. The molecule has 0 aliphatic heterocycles. The predicted molar refractivity (Wildman–Crippen MR) is 73.4 cm³/mol. The van der Waals surface area contributed by atoms with Gasteiger partial charge in [-0.05, 0) is 57.3 Å². The highest BCUT2D eigenvalue weighted by molar-refractivity contribution is 14.1. The van der Waals surface area contributed by atoms with E-state index in [0.29, 0.717) is 7.14 Å². The van der Waals surface area contributed by atoms with Crippen LogP contribution in [0.1, 0.15) is 5.56 Å². The zero-order chi connectivity index (χ0) is 14.1. The number of benzene rings is 1. The summed E-state index contributed by atoms with van der Waals surface area (Å²) in [4.78, 5) is 0. The Bertz CT molecular complexity index is 578. The van der Waals surface area contributed by atoms with E-state index >= 15 is 0 Å². The van der Waals surface area contributed by atoms with Crippen molar-refractivity contribution >= 4 is 61.1 Å². The van der Waals surface area contributed by atoms with Crippen molar-refractivity contribution in [1.29, 1.82) is 0 Å². The van der Waals surface area contributed by atoms with Crippen LogP contribution < -0.4 is 5.11 Å². The van der Waals surface area contributed by atoms with Gasteiger partial charge in [-0.25, -0.2) is 0 Å². The average Bonchev–Trinajstić information content (AvgIpc) is 2.14. The van der Waals surface area contributed by atoms with Gasteiger partial charge in [0.15, 0.2) is 0 Å². The van der Waals surface area contributed by atoms with Gasteiger partial charge in [0, 0.05) is 18.6 Å². The quantitative estimate of drug-likeness (QED) is 0.351. The summed E-state index contributed by atoms with van der Waals surface area (Å²) < 4.78 is 60.6. The van der Waals surface area contributed by atoms with Crippen LogP contribution in [0.25, 0.3) is 0 Å². The van der Waals surface area contributed by atoms with E-state index in [2.05, 4.69) is 4.40 Å². The minimum atomic E-state index is -5.81. The molecule has 1 rings (SSSR count). The van der Waals surface area contributed by atoms with Crippen LogP contribution in [-0.2, 0) is 10.0 Å². The standard InChI is InChI=1S/C8H4F3I2NO3S/c9-8(10,11)18(16,17)14-7(15)6-4(12)2-1-3-5(6)13/h1-3H,(H,14,15)/p-1. The highest BCUT2D eigenvalue weighted by atomic mass is 127. The van der Waals surface area contributed by atoms with Crippen molar-refractivity contribution in [3.05, 3.63) is 30.9 Å². The van der Waals surface area contributed by atoms with Crippen molar-refractivity contribution in [2.45, 2.75) is 5.51 Å². The zero-order valence-corrected chi connectivity index (χ0v) is 13.3. The highest BCUT2D eigenvalue weighted by Gasteiger charge is 2.45. The fraction of sp³-hybridized carbons (Fsp3) is 0.125. The van der Waals surface area contributed by atoms with Crippen molar-refractivity contribution in [2.24, 2.45) is 4.40 Å². The second kappa shape index (κ2) is 5.48. The number of hydrogen-bond acceptors (Lipinski definition) is 3. The molecule has 0 aromatic heterocycles. The molecular weight excluding hydrogens is 501 g/mol. The first-order valence-corrected chi connectivity index (χ1v) is 7.68. The Labute approximate surface area is 128 Å². The molecule has 0 N–H and O–H groups in total. The Morgan fingerprint density at radius 2 is 1.67 bits per heavy atom. The molecule has 0 aliphatic carbocycles. The van der Waals surface area contributed by atoms with Gasteiger partial charge in [0.2, 0.25) is 0 Å². The van der Waals surface area contributed by atoms with Gasteiger partial charge in [0.1, 0.15) is 0 Å². The summed E-state index contributed by atoms with van der Waals surface area (Å²) in [6.07, 6.45) is 0. The van der Waals surface area contributed by atoms with Crippen molar-refractivity contribution in [3.8, 4) is 0 Å². The number of alkyl halides is 3. The van der Waals surface area contributed by atoms with Crippen LogP contribution in [0.2, 0.25) is 0 Å². The molecule has 4 nitrogen and oxygen atoms in total. The maximum atomic E-state index is 12.1. The Hall–Kier alpha value is -0.110. The molecule has 0 unspecified atom stereocenters. The third-order valence-electron chi connectivity index (χ3n) is 1.67. The topological polar surface area (TPSA) is 69.6 Å². The van der Waals surface area contributed by atoms with E-state index in [-0.39, 0.29) is 5.56 Å². The molecule has 10 heteroatoms. The number of rotatable bonds is 2. The summed E-state index contributed by atoms with van der Waals surface area (Å²) in [6, 6.07) is 4.51. The predicted octanol–water partition coefficient (Wildman–Crippen LogP) is 1.85. The molecule has 0 saturated carbocycles. The van der Waals surface area contributed by atoms with Crippen LogP contribution in [0.4, 0.5) is 13.2 Å². The van der Waals surface area contributed by atoms with Crippen LogP contribution in [0.15, 0.2) is 22.6 Å². The number of hydrogen-bond donors (Lipinski definition) is 0. The number of halogens is 5. The van der Waals surface area contributed by atoms with Crippen molar-refractivity contribution in [3.63, 3.8) is 0 Å². The van der Waals surface area contributed by atoms with Crippen LogP contribution in [0, 0.1) is 7.14 Å². The van der Waals surface area contributed by atoms with Gasteiger partial charge >= 0.3 is 15.5 Å². The van der Waals surface area contributed by atoms with Gasteiger partial charge in [-0.15, -0.1) is 0 Å². The third kappa shape index (κ3) is 3.46. The second-order valence-electron chi connectivity index (χ2n) is 2.91. The third-order valence-corrected chi connectivity index (χ3v) is 4.46. The molecule has 0 spiro atoms. The van der Waals surface area contributed by atoms with Crippen molar-refractivity contribution in [2.75, 3.05) is 0 Å². The highest BCUT2D eigenvalue weighted by Crippen LogP contribution is 2.26. The van der Waals surface area contributed by atoms with Crippen LogP contribution in [-0.4, -0.2) is 19.8 Å². The molecule has 0 aliphatic rings. The molecule has 0 amide bonds. The fourth-order valence-corrected chi connectivity index (χ4v) is 3.30. The summed E-state index contributed by atoms with van der Waals surface area (Å²) in [6.45, 7) is 0. The smallest absolute Gasteiger partial charge is 0.518 e. The number of nitrogens with zero attached hydrogens (tertiary/aromatic N) is 1. The molecule has 18 heavy (non-hydrogen) atoms. The molecule has 0 atom stereocenters. The molecule has 0 saturated heterocycles. The van der Waals surface area contributed by atoms with Gasteiger partial charge in [0.25, 0.3) is 0 Å². The van der Waals surface area contributed by atoms with Gasteiger partial charge in [-0.3, -0.25) is 0 Å². The van der Waals surface area contributed by atoms with Crippen LogP contribution in [0.5, 0.6) is 0 Å². The van der Waals surface area contributed by atoms with Crippen molar-refractivity contribution < 1.29 is 26.7 Å². The van der Waals surface area contributed by atoms with E-state index < -0.39 is 21.4 Å². The summed E-state index contributed by atoms with van der Waals surface area (Å²) in [5, 5.41) is 11.5. The molecule has 100 valence electrons. The molecule has 0 heterocycles. The van der Waals surface area contributed by atoms with Gasteiger partial charge in [-0.1, -0.05) is 6.07 Å². The van der Waals surface area contributed by atoms with E-state index in [1.165, 1.54) is 12.1 Å². The van der Waals surface area contributed by atoms with E-state index in [1.807, 2.05) is 0 Å². The van der Waals surface area contributed by atoms with Gasteiger partial charge < -0.3 is 5.11 Å². The first-order valence-electron chi connectivity index (χ1n) is 4.09. The normalized spacial score (nSPS) is 13.7. The van der Waals surface area contributed by atoms with E-state index in [1.54, 1.807) is 51.2 Å². The van der Waals surface area contributed by atoms with Crippen molar-refractivity contribution in [1.82, 2.24) is 0 Å². The molecule has 1 aromatic carbocycles. The second-order valence-corrected chi connectivity index (χ2v) is 6.83. The maximum absolute atomic E-state index is 12.1. The summed E-state index contributed by atoms with van der Waals surface area (Å²) in [5.74, 6) is -1.43. The number of sulfonamides is 1. The molecule has 0 radical (unpaired) electrons. The fourth-order valence-electron chi connectivity index (χ4n) is 0.909. The van der Waals surface area contributed by atoms with E-state index in [4.69, 9.17) is 0 Å². The SMILES string of the molecule is O=S(=O)(/N=C(\[O-])c1c(I)cccc1I)C(F)(F)F. The molecular formula is C8H3F3I2NO3S-.